The Morgan fingerprint density at radius 3 is 2.57 bits per heavy atom. The fourth-order valence-corrected chi connectivity index (χ4v) is 3.67. The molecule has 1 amide bonds. The van der Waals surface area contributed by atoms with E-state index < -0.39 is 0 Å². The number of hydrogen-bond donors (Lipinski definition) is 1. The highest BCUT2D eigenvalue weighted by atomic mass is 16.5. The lowest BCUT2D eigenvalue weighted by molar-refractivity contribution is -0.117. The number of carbonyl (C=O) groups is 1. The Labute approximate surface area is 136 Å². The first-order valence-electron chi connectivity index (χ1n) is 7.70. The average Bonchev–Trinajstić information content (AvgIpc) is 2.75. The van der Waals surface area contributed by atoms with E-state index in [1.165, 1.54) is 5.56 Å². The Kier molecular flexibility index (Phi) is 3.55. The summed E-state index contributed by atoms with van der Waals surface area (Å²) in [6.45, 7) is 5.93. The number of nitrogens with two attached hydrogens (primary N) is 1. The van der Waals surface area contributed by atoms with E-state index in [0.717, 1.165) is 11.3 Å². The van der Waals surface area contributed by atoms with Crippen LogP contribution < -0.4 is 15.4 Å². The van der Waals surface area contributed by atoms with Crippen molar-refractivity contribution in [3.63, 3.8) is 0 Å². The summed E-state index contributed by atoms with van der Waals surface area (Å²) in [5.41, 5.74) is 9.41. The molecule has 4 nitrogen and oxygen atoms in total. The van der Waals surface area contributed by atoms with Crippen molar-refractivity contribution in [1.82, 2.24) is 0 Å². The third kappa shape index (κ3) is 2.25. The van der Waals surface area contributed by atoms with Crippen molar-refractivity contribution in [3.05, 3.63) is 53.6 Å². The quantitative estimate of drug-likeness (QED) is 0.861. The summed E-state index contributed by atoms with van der Waals surface area (Å²) in [7, 11) is 1.63. The molecular formula is C19H22N2O2. The van der Waals surface area contributed by atoms with Gasteiger partial charge in [-0.3, -0.25) is 4.79 Å². The summed E-state index contributed by atoms with van der Waals surface area (Å²) in [6.07, 6.45) is 0. The van der Waals surface area contributed by atoms with Gasteiger partial charge in [-0.05, 0) is 17.7 Å². The summed E-state index contributed by atoms with van der Waals surface area (Å²) in [6, 6.07) is 13.6. The summed E-state index contributed by atoms with van der Waals surface area (Å²) in [5, 5.41) is 0. The molecule has 0 bridgehead atoms. The average molecular weight is 310 g/mol. The monoisotopic (exact) mass is 310 g/mol. The van der Waals surface area contributed by atoms with Crippen LogP contribution in [0.3, 0.4) is 0 Å². The van der Waals surface area contributed by atoms with E-state index in [2.05, 4.69) is 19.9 Å². The third-order valence-corrected chi connectivity index (χ3v) is 4.69. The van der Waals surface area contributed by atoms with Gasteiger partial charge >= 0.3 is 0 Å². The van der Waals surface area contributed by atoms with Crippen molar-refractivity contribution in [2.75, 3.05) is 17.7 Å². The van der Waals surface area contributed by atoms with Gasteiger partial charge in [-0.2, -0.15) is 0 Å². The number of rotatable bonds is 2. The lowest BCUT2D eigenvalue weighted by Crippen LogP contribution is -2.36. The maximum atomic E-state index is 12.4. The lowest BCUT2D eigenvalue weighted by Gasteiger charge is -2.34. The molecule has 1 aliphatic heterocycles. The van der Waals surface area contributed by atoms with E-state index in [9.17, 15) is 4.79 Å². The molecule has 1 atom stereocenters. The molecule has 1 aliphatic rings. The number of amides is 1. The first-order valence-corrected chi connectivity index (χ1v) is 7.70. The van der Waals surface area contributed by atoms with Crippen LogP contribution >= 0.6 is 0 Å². The van der Waals surface area contributed by atoms with E-state index in [-0.39, 0.29) is 17.4 Å². The van der Waals surface area contributed by atoms with Gasteiger partial charge < -0.3 is 15.4 Å². The van der Waals surface area contributed by atoms with Gasteiger partial charge in [0.25, 0.3) is 0 Å². The molecule has 4 heteroatoms. The normalized spacial score (nSPS) is 18.6. The maximum Gasteiger partial charge on any atom is 0.224 e. The maximum absolute atomic E-state index is 12.4. The first-order chi connectivity index (χ1) is 10.9. The molecule has 0 saturated carbocycles. The summed E-state index contributed by atoms with van der Waals surface area (Å²) >= 11 is 0. The third-order valence-electron chi connectivity index (χ3n) is 4.69. The molecular weight excluding hydrogens is 288 g/mol. The molecule has 0 aliphatic carbocycles. The Hall–Kier alpha value is -2.49. The van der Waals surface area contributed by atoms with Gasteiger partial charge in [0.1, 0.15) is 5.75 Å². The van der Waals surface area contributed by atoms with Crippen molar-refractivity contribution < 1.29 is 9.53 Å². The van der Waals surface area contributed by atoms with Gasteiger partial charge in [0.05, 0.1) is 13.2 Å². The second-order valence-electron chi connectivity index (χ2n) is 6.53. The number of para-hydroxylation sites is 1. The van der Waals surface area contributed by atoms with Crippen molar-refractivity contribution in [2.45, 2.75) is 32.2 Å². The van der Waals surface area contributed by atoms with Crippen molar-refractivity contribution >= 4 is 17.3 Å². The standard InChI is InChI=1S/C19H22N2O2/c1-12(22)21-16-8-6-5-7-15(16)19(2,3)18(21)14-10-9-13(20)11-17(14)23-4/h5-11,18H,20H2,1-4H3/t18-/m1/s1. The zero-order chi connectivity index (χ0) is 16.8. The smallest absolute Gasteiger partial charge is 0.224 e. The number of hydrogen-bond acceptors (Lipinski definition) is 3. The van der Waals surface area contributed by atoms with Gasteiger partial charge in [-0.1, -0.05) is 38.1 Å². The molecule has 1 heterocycles. The molecule has 0 aromatic heterocycles. The van der Waals surface area contributed by atoms with E-state index in [0.29, 0.717) is 11.4 Å². The van der Waals surface area contributed by atoms with Crippen LogP contribution in [0.4, 0.5) is 11.4 Å². The Morgan fingerprint density at radius 1 is 1.22 bits per heavy atom. The Balaban J connectivity index is 2.24. The van der Waals surface area contributed by atoms with Crippen LogP contribution in [0.1, 0.15) is 37.9 Å². The van der Waals surface area contributed by atoms with Gasteiger partial charge in [0.15, 0.2) is 0 Å². The Morgan fingerprint density at radius 2 is 1.91 bits per heavy atom. The SMILES string of the molecule is COc1cc(N)ccc1[C@H]1N(C(C)=O)c2ccccc2C1(C)C. The number of methoxy groups -OCH3 is 1. The highest BCUT2D eigenvalue weighted by Gasteiger charge is 2.47. The fraction of sp³-hybridized carbons (Fsp3) is 0.316. The second-order valence-corrected chi connectivity index (χ2v) is 6.53. The number of nitrogen functional groups attached to an aromatic ring is 1. The molecule has 0 unspecified atom stereocenters. The summed E-state index contributed by atoms with van der Waals surface area (Å²) < 4.78 is 5.54. The highest BCUT2D eigenvalue weighted by Crippen LogP contribution is 2.54. The molecule has 0 saturated heterocycles. The van der Waals surface area contributed by atoms with E-state index in [4.69, 9.17) is 10.5 Å². The van der Waals surface area contributed by atoms with Crippen molar-refractivity contribution in [2.24, 2.45) is 0 Å². The second kappa shape index (κ2) is 5.30. The topological polar surface area (TPSA) is 55.6 Å². The fourth-order valence-electron chi connectivity index (χ4n) is 3.67. The van der Waals surface area contributed by atoms with Crippen LogP contribution in [0.25, 0.3) is 0 Å². The number of fused-ring (bicyclic) bond motifs is 1. The number of ether oxygens (including phenoxy) is 1. The molecule has 0 spiro atoms. The summed E-state index contributed by atoms with van der Waals surface area (Å²) in [5.74, 6) is 0.731. The van der Waals surface area contributed by atoms with E-state index in [1.54, 1.807) is 14.0 Å². The zero-order valence-corrected chi connectivity index (χ0v) is 14.0. The van der Waals surface area contributed by atoms with Gasteiger partial charge in [-0.15, -0.1) is 0 Å². The van der Waals surface area contributed by atoms with Gasteiger partial charge in [0, 0.05) is 35.3 Å². The molecule has 120 valence electrons. The van der Waals surface area contributed by atoms with Crippen molar-refractivity contribution in [1.29, 1.82) is 0 Å². The molecule has 2 aromatic carbocycles. The van der Waals surface area contributed by atoms with Crippen LogP contribution in [0.2, 0.25) is 0 Å². The van der Waals surface area contributed by atoms with Crippen LogP contribution in [-0.4, -0.2) is 13.0 Å². The summed E-state index contributed by atoms with van der Waals surface area (Å²) in [4.78, 5) is 14.3. The lowest BCUT2D eigenvalue weighted by atomic mass is 9.77. The minimum atomic E-state index is -0.230. The highest BCUT2D eigenvalue weighted by molar-refractivity contribution is 5.96. The van der Waals surface area contributed by atoms with Gasteiger partial charge in [-0.25, -0.2) is 0 Å². The largest absolute Gasteiger partial charge is 0.496 e. The molecule has 0 radical (unpaired) electrons. The molecule has 2 aromatic rings. The number of anilines is 2. The molecule has 0 fully saturated rings. The molecule has 23 heavy (non-hydrogen) atoms. The predicted molar refractivity (Wildman–Crippen MR) is 92.8 cm³/mol. The van der Waals surface area contributed by atoms with Gasteiger partial charge in [0.2, 0.25) is 5.91 Å². The molecule has 3 rings (SSSR count). The molecule has 2 N–H and O–H groups in total. The van der Waals surface area contributed by atoms with E-state index >= 15 is 0 Å². The van der Waals surface area contributed by atoms with Crippen LogP contribution in [0.5, 0.6) is 5.75 Å². The first kappa shape index (κ1) is 15.4. The number of carbonyl (C=O) groups excluding carboxylic acids is 1. The van der Waals surface area contributed by atoms with Crippen molar-refractivity contribution in [3.8, 4) is 5.75 Å². The Bertz CT molecular complexity index is 768. The van der Waals surface area contributed by atoms with Crippen LogP contribution in [0, 0.1) is 0 Å². The predicted octanol–water partition coefficient (Wildman–Crippen LogP) is 3.66. The van der Waals surface area contributed by atoms with E-state index in [1.807, 2.05) is 41.3 Å². The minimum absolute atomic E-state index is 0.0203. The minimum Gasteiger partial charge on any atom is -0.496 e. The number of benzene rings is 2. The number of nitrogens with zero attached hydrogens (tertiary/aromatic N) is 1. The zero-order valence-electron chi connectivity index (χ0n) is 14.0. The van der Waals surface area contributed by atoms with Crippen LogP contribution in [-0.2, 0) is 10.2 Å². The van der Waals surface area contributed by atoms with Crippen LogP contribution in [0.15, 0.2) is 42.5 Å².